The largest absolute Gasteiger partial charge is 0.737 e. The average Bonchev–Trinajstić information content (AvgIpc) is 2.96. The first-order chi connectivity index (χ1) is 11.3. The minimum absolute atomic E-state index is 0.639. The normalized spacial score (nSPS) is 18.9. The summed E-state index contributed by atoms with van der Waals surface area (Å²) in [5.74, 6) is 1.85. The highest BCUT2D eigenvalue weighted by Gasteiger charge is 2.54. The fourth-order valence-corrected chi connectivity index (χ4v) is 5.10. The lowest BCUT2D eigenvalue weighted by Gasteiger charge is -2.33. The number of rotatable bonds is 5. The fraction of sp³-hybridized carbons (Fsp3) is 0.500. The lowest BCUT2D eigenvalue weighted by atomic mass is 9.86. The summed E-state index contributed by atoms with van der Waals surface area (Å²) in [4.78, 5) is 0. The monoisotopic (exact) mass is 350 g/mol. The van der Waals surface area contributed by atoms with Crippen molar-refractivity contribution < 1.29 is 13.1 Å². The Morgan fingerprint density at radius 2 is 1.92 bits per heavy atom. The van der Waals surface area contributed by atoms with Crippen LogP contribution in [0.3, 0.4) is 0 Å². The highest BCUT2D eigenvalue weighted by molar-refractivity contribution is 7.99. The molecular formula is C18H25BF2N2S. The van der Waals surface area contributed by atoms with E-state index in [0.29, 0.717) is 11.4 Å². The second-order valence-corrected chi connectivity index (χ2v) is 7.95. The van der Waals surface area contributed by atoms with E-state index >= 15 is 8.63 Å². The van der Waals surface area contributed by atoms with Gasteiger partial charge in [0.05, 0.1) is 0 Å². The van der Waals surface area contributed by atoms with Crippen molar-refractivity contribution in [2.45, 2.75) is 47.5 Å². The number of allylic oxidation sites excluding steroid dienone is 2. The van der Waals surface area contributed by atoms with Crippen molar-refractivity contribution in [1.29, 1.82) is 0 Å². The van der Waals surface area contributed by atoms with Crippen LogP contribution < -0.4 is 0 Å². The first-order valence-corrected chi connectivity index (χ1v) is 9.79. The maximum atomic E-state index is 15.3. The summed E-state index contributed by atoms with van der Waals surface area (Å²) >= 11 is 1.85. The summed E-state index contributed by atoms with van der Waals surface area (Å²) in [7, 11) is 0. The quantitative estimate of drug-likeness (QED) is 0.535. The number of thioether (sulfide) groups is 1. The summed E-state index contributed by atoms with van der Waals surface area (Å²) in [6, 6.07) is 1.89. The van der Waals surface area contributed by atoms with Crippen molar-refractivity contribution in [3.05, 3.63) is 40.4 Å². The Labute approximate surface area is 147 Å². The molecule has 3 rings (SSSR count). The summed E-state index contributed by atoms with van der Waals surface area (Å²) in [5, 5.41) is 0. The van der Waals surface area contributed by atoms with Gasteiger partial charge in [0.15, 0.2) is 5.70 Å². The summed E-state index contributed by atoms with van der Waals surface area (Å²) in [6.45, 7) is 5.81. The molecule has 130 valence electrons. The Kier molecular flexibility index (Phi) is 4.54. The van der Waals surface area contributed by atoms with E-state index in [-0.39, 0.29) is 0 Å². The number of aromatic nitrogens is 1. The van der Waals surface area contributed by atoms with Crippen LogP contribution in [0.5, 0.6) is 0 Å². The molecule has 1 aromatic rings. The second kappa shape index (κ2) is 6.21. The van der Waals surface area contributed by atoms with Gasteiger partial charge in [-0.2, -0.15) is 11.8 Å². The molecule has 0 fully saturated rings. The minimum Gasteiger partial charge on any atom is -0.394 e. The van der Waals surface area contributed by atoms with Gasteiger partial charge in [0, 0.05) is 35.6 Å². The number of hydrogen-bond donors (Lipinski definition) is 0. The van der Waals surface area contributed by atoms with Crippen LogP contribution in [0.2, 0.25) is 0 Å². The van der Waals surface area contributed by atoms with Gasteiger partial charge in [-0.15, -0.1) is 0 Å². The van der Waals surface area contributed by atoms with E-state index in [0.717, 1.165) is 52.4 Å². The molecule has 0 N–H and O–H groups in total. The smallest absolute Gasteiger partial charge is 0.394 e. The molecule has 2 aliphatic rings. The van der Waals surface area contributed by atoms with Gasteiger partial charge in [-0.05, 0) is 50.3 Å². The van der Waals surface area contributed by atoms with Crippen LogP contribution in [0.4, 0.5) is 8.63 Å². The molecule has 0 unspecified atom stereocenters. The Morgan fingerprint density at radius 1 is 1.21 bits per heavy atom. The summed E-state index contributed by atoms with van der Waals surface area (Å²) in [5.41, 5.74) is 5.69. The number of aryl methyl sites for hydroxylation is 2. The zero-order chi connectivity index (χ0) is 17.6. The zero-order valence-corrected chi connectivity index (χ0v) is 15.9. The van der Waals surface area contributed by atoms with Gasteiger partial charge in [0.25, 0.3) is 0 Å². The third-order valence-corrected chi connectivity index (χ3v) is 5.99. The van der Waals surface area contributed by atoms with Crippen LogP contribution in [0.15, 0.2) is 23.4 Å². The maximum absolute atomic E-state index is 15.3. The number of nitrogens with zero attached hydrogens (tertiary/aromatic N) is 2. The van der Waals surface area contributed by atoms with E-state index in [2.05, 4.69) is 6.92 Å². The second-order valence-electron chi connectivity index (χ2n) is 6.85. The third-order valence-electron chi connectivity index (χ3n) is 4.92. The van der Waals surface area contributed by atoms with Gasteiger partial charge >= 0.3 is 6.97 Å². The molecule has 0 bridgehead atoms. The zero-order valence-electron chi connectivity index (χ0n) is 15.1. The number of halogens is 2. The summed E-state index contributed by atoms with van der Waals surface area (Å²) in [6.07, 6.45) is 4.21. The van der Waals surface area contributed by atoms with Crippen molar-refractivity contribution in [2.75, 3.05) is 11.5 Å². The van der Waals surface area contributed by atoms with Crippen LogP contribution in [0.25, 0.3) is 5.57 Å². The molecule has 2 aliphatic heterocycles. The highest BCUT2D eigenvalue weighted by Crippen LogP contribution is 2.42. The predicted molar refractivity (Wildman–Crippen MR) is 101 cm³/mol. The standard InChI is InChI=1S/C18H25BF2N2S/c1-6-7-8-24-11-16-17-12(2)9-14(4)22(17)19(20,21)23-15(5)10-13(3)18(16)23/h9-10H,6-8,11H2,1-5H3. The molecule has 0 spiro atoms. The minimum atomic E-state index is -3.83. The van der Waals surface area contributed by atoms with Crippen molar-refractivity contribution in [2.24, 2.45) is 0 Å². The van der Waals surface area contributed by atoms with Gasteiger partial charge < -0.3 is 17.6 Å². The van der Waals surface area contributed by atoms with Gasteiger partial charge in [-0.25, -0.2) is 0 Å². The number of hydrogen-bond acceptors (Lipinski definition) is 1. The van der Waals surface area contributed by atoms with Gasteiger partial charge in [-0.1, -0.05) is 13.3 Å². The SMILES string of the molecule is CCCCSCC1=C2C(C)=CC(C)=[N+]2[B-](F)(F)n2c(C)cc(C)c21. The molecule has 0 saturated carbocycles. The van der Waals surface area contributed by atoms with Gasteiger partial charge in [0.2, 0.25) is 0 Å². The molecule has 24 heavy (non-hydrogen) atoms. The lowest BCUT2D eigenvalue weighted by molar-refractivity contribution is -0.363. The highest BCUT2D eigenvalue weighted by atomic mass is 32.2. The topological polar surface area (TPSA) is 7.94 Å². The van der Waals surface area contributed by atoms with Crippen LogP contribution in [-0.4, -0.2) is 33.2 Å². The Morgan fingerprint density at radius 3 is 2.58 bits per heavy atom. The van der Waals surface area contributed by atoms with Crippen molar-refractivity contribution in [3.8, 4) is 0 Å². The van der Waals surface area contributed by atoms with Gasteiger partial charge in [-0.3, -0.25) is 0 Å². The fourth-order valence-electron chi connectivity index (χ4n) is 3.99. The van der Waals surface area contributed by atoms with Crippen molar-refractivity contribution >= 4 is 30.0 Å². The average molecular weight is 350 g/mol. The molecule has 0 aromatic carbocycles. The molecular weight excluding hydrogens is 325 g/mol. The van der Waals surface area contributed by atoms with E-state index in [1.807, 2.05) is 37.8 Å². The number of fused-ring (bicyclic) bond motifs is 2. The molecule has 6 heteroatoms. The first-order valence-electron chi connectivity index (χ1n) is 8.64. The first kappa shape index (κ1) is 17.5. The molecule has 0 saturated heterocycles. The molecule has 0 atom stereocenters. The van der Waals surface area contributed by atoms with E-state index < -0.39 is 6.97 Å². The molecule has 1 aromatic heterocycles. The van der Waals surface area contributed by atoms with Crippen molar-refractivity contribution in [1.82, 2.24) is 4.48 Å². The van der Waals surface area contributed by atoms with E-state index in [1.54, 1.807) is 13.8 Å². The van der Waals surface area contributed by atoms with E-state index in [4.69, 9.17) is 0 Å². The van der Waals surface area contributed by atoms with E-state index in [9.17, 15) is 0 Å². The lowest BCUT2D eigenvalue weighted by Crippen LogP contribution is -2.51. The maximum Gasteiger partial charge on any atom is 0.737 e. The van der Waals surface area contributed by atoms with Crippen LogP contribution >= 0.6 is 11.8 Å². The van der Waals surface area contributed by atoms with Crippen molar-refractivity contribution in [3.63, 3.8) is 0 Å². The van der Waals surface area contributed by atoms with E-state index in [1.165, 1.54) is 8.96 Å². The van der Waals surface area contributed by atoms with Crippen LogP contribution in [0, 0.1) is 13.8 Å². The third kappa shape index (κ3) is 2.50. The molecule has 3 heterocycles. The predicted octanol–water partition coefficient (Wildman–Crippen LogP) is 5.02. The number of unbranched alkanes of at least 4 members (excludes halogenated alkanes) is 1. The van der Waals surface area contributed by atoms with Crippen LogP contribution in [-0.2, 0) is 0 Å². The van der Waals surface area contributed by atoms with Gasteiger partial charge in [0.1, 0.15) is 5.71 Å². The summed E-state index contributed by atoms with van der Waals surface area (Å²) < 4.78 is 33.2. The molecule has 0 aliphatic carbocycles. The molecule has 2 nitrogen and oxygen atoms in total. The Hall–Kier alpha value is -1.30. The Bertz CT molecular complexity index is 787. The molecule has 0 radical (unpaired) electrons. The molecule has 0 amide bonds. The van der Waals surface area contributed by atoms with Crippen LogP contribution in [0.1, 0.15) is 50.6 Å². The Balaban J connectivity index is 2.18.